The van der Waals surface area contributed by atoms with Gasteiger partial charge in [0.25, 0.3) is 5.91 Å². The van der Waals surface area contributed by atoms with Crippen LogP contribution in [0, 0.1) is 5.82 Å². The molecule has 1 amide bonds. The number of thiazole rings is 1. The number of aromatic nitrogens is 3. The van der Waals surface area contributed by atoms with Gasteiger partial charge in [-0.2, -0.15) is 0 Å². The van der Waals surface area contributed by atoms with Gasteiger partial charge in [-0.1, -0.05) is 19.1 Å². The molecule has 0 N–H and O–H groups in total. The highest BCUT2D eigenvalue weighted by molar-refractivity contribution is 7.15. The average molecular weight is 446 g/mol. The number of rotatable bonds is 6. The number of hydrogen-bond donors (Lipinski definition) is 0. The number of nitrogens with zero attached hydrogens (tertiary/aromatic N) is 5. The molecule has 0 unspecified atom stereocenters. The summed E-state index contributed by atoms with van der Waals surface area (Å²) in [5.74, 6) is -0.0176. The highest BCUT2D eigenvalue weighted by Crippen LogP contribution is 2.33. The van der Waals surface area contributed by atoms with E-state index >= 15 is 0 Å². The van der Waals surface area contributed by atoms with Crippen molar-refractivity contribution >= 4 is 35.0 Å². The standard InChI is InChI=1S/C21H21ClFN5OS/c1-2-17-26-18(19(30-17)14-6-8-15(23)9-7-14)20(29)27-12-3-5-16(27)13-28(22)21-24-10-4-11-25-21/h4,6-11,16H,2-3,5,12-13H2,1H3/t16-/m0/s1. The van der Waals surface area contributed by atoms with Crippen molar-refractivity contribution in [2.45, 2.75) is 32.2 Å². The van der Waals surface area contributed by atoms with E-state index in [0.29, 0.717) is 24.7 Å². The molecule has 0 aliphatic carbocycles. The molecule has 0 bridgehead atoms. The fourth-order valence-electron chi connectivity index (χ4n) is 3.57. The maximum Gasteiger partial charge on any atom is 0.274 e. The van der Waals surface area contributed by atoms with E-state index < -0.39 is 0 Å². The Morgan fingerprint density at radius 3 is 2.73 bits per heavy atom. The molecule has 3 heterocycles. The van der Waals surface area contributed by atoms with Crippen molar-refractivity contribution in [2.24, 2.45) is 0 Å². The van der Waals surface area contributed by atoms with Crippen LogP contribution in [0.25, 0.3) is 10.4 Å². The molecule has 30 heavy (non-hydrogen) atoms. The van der Waals surface area contributed by atoms with E-state index in [1.807, 2.05) is 11.8 Å². The van der Waals surface area contributed by atoms with E-state index in [-0.39, 0.29) is 17.8 Å². The summed E-state index contributed by atoms with van der Waals surface area (Å²) in [7, 11) is 0. The Morgan fingerprint density at radius 1 is 1.30 bits per heavy atom. The predicted octanol–water partition coefficient (Wildman–Crippen LogP) is 4.57. The average Bonchev–Trinajstić information content (AvgIpc) is 3.41. The molecule has 156 valence electrons. The van der Waals surface area contributed by atoms with Crippen LogP contribution >= 0.6 is 23.1 Å². The fraction of sp³-hybridized carbons (Fsp3) is 0.333. The van der Waals surface area contributed by atoms with Crippen molar-refractivity contribution in [2.75, 3.05) is 17.5 Å². The zero-order valence-corrected chi connectivity index (χ0v) is 18.0. The number of likely N-dealkylation sites (tertiary alicyclic amines) is 1. The summed E-state index contributed by atoms with van der Waals surface area (Å²) in [6.45, 7) is 3.07. The number of amides is 1. The van der Waals surface area contributed by atoms with Crippen LogP contribution < -0.4 is 4.42 Å². The number of anilines is 1. The third-order valence-electron chi connectivity index (χ3n) is 5.06. The molecule has 0 saturated carbocycles. The molecule has 1 atom stereocenters. The zero-order valence-electron chi connectivity index (χ0n) is 16.5. The molecular formula is C21H21ClFN5OS. The maximum absolute atomic E-state index is 13.5. The Kier molecular flexibility index (Phi) is 6.24. The molecule has 0 spiro atoms. The largest absolute Gasteiger partial charge is 0.332 e. The van der Waals surface area contributed by atoms with E-state index in [2.05, 4.69) is 15.0 Å². The van der Waals surface area contributed by atoms with Crippen molar-refractivity contribution in [3.8, 4) is 10.4 Å². The second kappa shape index (κ2) is 9.06. The number of carbonyl (C=O) groups excluding carboxylic acids is 1. The van der Waals surface area contributed by atoms with Gasteiger partial charge < -0.3 is 4.90 Å². The second-order valence-electron chi connectivity index (χ2n) is 7.03. The Morgan fingerprint density at radius 2 is 2.03 bits per heavy atom. The van der Waals surface area contributed by atoms with Crippen LogP contribution in [-0.4, -0.2) is 44.9 Å². The molecule has 9 heteroatoms. The van der Waals surface area contributed by atoms with Crippen LogP contribution in [0.4, 0.5) is 10.3 Å². The van der Waals surface area contributed by atoms with Gasteiger partial charge >= 0.3 is 0 Å². The highest BCUT2D eigenvalue weighted by atomic mass is 35.5. The molecule has 4 rings (SSSR count). The minimum absolute atomic E-state index is 0.0633. The van der Waals surface area contributed by atoms with Gasteiger partial charge in [-0.3, -0.25) is 9.21 Å². The second-order valence-corrected chi connectivity index (χ2v) is 8.53. The lowest BCUT2D eigenvalue weighted by molar-refractivity contribution is 0.0737. The van der Waals surface area contributed by atoms with Crippen LogP contribution in [0.15, 0.2) is 42.7 Å². The molecular weight excluding hydrogens is 425 g/mol. The van der Waals surface area contributed by atoms with Crippen molar-refractivity contribution in [1.82, 2.24) is 19.9 Å². The smallest absolute Gasteiger partial charge is 0.274 e. The van der Waals surface area contributed by atoms with Gasteiger partial charge in [0, 0.05) is 30.7 Å². The van der Waals surface area contributed by atoms with Crippen LogP contribution in [0.3, 0.4) is 0 Å². The van der Waals surface area contributed by atoms with E-state index in [4.69, 9.17) is 11.8 Å². The van der Waals surface area contributed by atoms with E-state index in [1.54, 1.807) is 30.6 Å². The third kappa shape index (κ3) is 4.29. The minimum Gasteiger partial charge on any atom is -0.332 e. The van der Waals surface area contributed by atoms with E-state index in [0.717, 1.165) is 34.7 Å². The molecule has 1 aliphatic heterocycles. The zero-order chi connectivity index (χ0) is 21.1. The van der Waals surface area contributed by atoms with Gasteiger partial charge in [0.15, 0.2) is 0 Å². The molecule has 0 radical (unpaired) electrons. The SMILES string of the molecule is CCc1nc(C(=O)N2CCC[C@H]2CN(Cl)c2ncccn2)c(-c2ccc(F)cc2)s1. The quantitative estimate of drug-likeness (QED) is 0.520. The van der Waals surface area contributed by atoms with Crippen LogP contribution in [-0.2, 0) is 6.42 Å². The maximum atomic E-state index is 13.5. The first kappa shape index (κ1) is 20.7. The van der Waals surface area contributed by atoms with Crippen LogP contribution in [0.2, 0.25) is 0 Å². The van der Waals surface area contributed by atoms with Gasteiger partial charge in [-0.15, -0.1) is 11.3 Å². The number of carbonyl (C=O) groups is 1. The van der Waals surface area contributed by atoms with Crippen LogP contribution in [0.1, 0.15) is 35.3 Å². The highest BCUT2D eigenvalue weighted by Gasteiger charge is 2.34. The number of hydrogen-bond acceptors (Lipinski definition) is 6. The fourth-order valence-corrected chi connectivity index (χ4v) is 4.82. The number of aryl methyl sites for hydroxylation is 1. The first-order valence-electron chi connectivity index (χ1n) is 9.83. The summed E-state index contributed by atoms with van der Waals surface area (Å²) < 4.78 is 14.8. The molecule has 6 nitrogen and oxygen atoms in total. The van der Waals surface area contributed by atoms with Crippen LogP contribution in [0.5, 0.6) is 0 Å². The topological polar surface area (TPSA) is 62.2 Å². The van der Waals surface area contributed by atoms with Gasteiger partial charge in [0.2, 0.25) is 5.95 Å². The lowest BCUT2D eigenvalue weighted by Crippen LogP contribution is -2.41. The van der Waals surface area contributed by atoms with Gasteiger partial charge in [-0.05, 0) is 43.0 Å². The van der Waals surface area contributed by atoms with Gasteiger partial charge in [0.1, 0.15) is 11.5 Å². The van der Waals surface area contributed by atoms with Crippen molar-refractivity contribution in [3.05, 3.63) is 59.2 Å². The lowest BCUT2D eigenvalue weighted by atomic mass is 10.1. The molecule has 3 aromatic rings. The predicted molar refractivity (Wildman–Crippen MR) is 116 cm³/mol. The van der Waals surface area contributed by atoms with E-state index in [9.17, 15) is 9.18 Å². The summed E-state index contributed by atoms with van der Waals surface area (Å²) in [6, 6.07) is 7.84. The van der Waals surface area contributed by atoms with E-state index in [1.165, 1.54) is 27.9 Å². The van der Waals surface area contributed by atoms with Crippen molar-refractivity contribution < 1.29 is 9.18 Å². The summed E-state index contributed by atoms with van der Waals surface area (Å²) in [4.78, 5) is 29.0. The first-order chi connectivity index (χ1) is 14.6. The minimum atomic E-state index is -0.309. The molecule has 1 aromatic carbocycles. The summed E-state index contributed by atoms with van der Waals surface area (Å²) >= 11 is 7.87. The lowest BCUT2D eigenvalue weighted by Gasteiger charge is -2.27. The van der Waals surface area contributed by atoms with Crippen molar-refractivity contribution in [3.63, 3.8) is 0 Å². The molecule has 1 fully saturated rings. The monoisotopic (exact) mass is 445 g/mol. The summed E-state index contributed by atoms with van der Waals surface area (Å²) in [5.41, 5.74) is 1.22. The Labute approximate surface area is 183 Å². The molecule has 1 saturated heterocycles. The Hall–Kier alpha value is -2.58. The summed E-state index contributed by atoms with van der Waals surface area (Å²) in [5, 5.41) is 0.880. The Bertz CT molecular complexity index is 1010. The normalized spacial score (nSPS) is 16.1. The Balaban J connectivity index is 1.59. The van der Waals surface area contributed by atoms with Gasteiger partial charge in [0.05, 0.1) is 22.5 Å². The third-order valence-corrected chi connectivity index (χ3v) is 6.60. The first-order valence-corrected chi connectivity index (χ1v) is 11.0. The number of benzene rings is 1. The number of halogens is 2. The molecule has 1 aliphatic rings. The summed E-state index contributed by atoms with van der Waals surface area (Å²) in [6.07, 6.45) is 5.74. The van der Waals surface area contributed by atoms with Gasteiger partial charge in [-0.25, -0.2) is 19.3 Å². The van der Waals surface area contributed by atoms with Crippen molar-refractivity contribution in [1.29, 1.82) is 0 Å². The molecule has 2 aromatic heterocycles.